The number of aliphatic hydroxyl groups excluding tert-OH is 1. The molecule has 45 heavy (non-hydrogen) atoms. The molecule has 0 saturated carbocycles. The average molecular weight is 608 g/mol. The molecule has 2 atom stereocenters. The van der Waals surface area contributed by atoms with Crippen LogP contribution in [0.2, 0.25) is 0 Å². The van der Waals surface area contributed by atoms with Crippen molar-refractivity contribution in [3.05, 3.63) is 89.0 Å². The van der Waals surface area contributed by atoms with Crippen LogP contribution in [0.4, 0.5) is 0 Å². The number of allylic oxidation sites excluding steroid dienone is 1. The third kappa shape index (κ3) is 8.08. The van der Waals surface area contributed by atoms with Crippen molar-refractivity contribution in [2.75, 3.05) is 13.6 Å². The van der Waals surface area contributed by atoms with Crippen molar-refractivity contribution < 1.29 is 14.6 Å². The Morgan fingerprint density at radius 2 is 1.80 bits per heavy atom. The average Bonchev–Trinajstić information content (AvgIpc) is 3.37. The summed E-state index contributed by atoms with van der Waals surface area (Å²) in [7, 11) is 1.94. The molecule has 0 radical (unpaired) electrons. The van der Waals surface area contributed by atoms with E-state index in [0.29, 0.717) is 18.9 Å². The van der Waals surface area contributed by atoms with Crippen LogP contribution in [-0.4, -0.2) is 35.6 Å². The molecule has 3 aromatic rings. The van der Waals surface area contributed by atoms with Crippen molar-refractivity contribution in [1.29, 1.82) is 0 Å². The summed E-state index contributed by atoms with van der Waals surface area (Å²) in [6.07, 6.45) is 20.3. The zero-order valence-corrected chi connectivity index (χ0v) is 27.8. The van der Waals surface area contributed by atoms with Crippen molar-refractivity contribution in [1.82, 2.24) is 4.90 Å². The number of rotatable bonds is 16. The first-order valence-corrected chi connectivity index (χ1v) is 17.5. The van der Waals surface area contributed by atoms with Crippen LogP contribution in [0.1, 0.15) is 113 Å². The number of fused-ring (bicyclic) bond motifs is 5. The van der Waals surface area contributed by atoms with Gasteiger partial charge in [0.15, 0.2) is 0 Å². The Balaban J connectivity index is 1.20. The van der Waals surface area contributed by atoms with Crippen LogP contribution in [0, 0.1) is 5.41 Å². The highest BCUT2D eigenvalue weighted by Crippen LogP contribution is 2.54. The van der Waals surface area contributed by atoms with Gasteiger partial charge in [0, 0.05) is 25.4 Å². The second-order valence-corrected chi connectivity index (χ2v) is 13.5. The number of benzene rings is 3. The summed E-state index contributed by atoms with van der Waals surface area (Å²) < 4.78 is 6.20. The number of hydrogen-bond donors (Lipinski definition) is 1. The number of ether oxygens (including phenoxy) is 1. The maximum Gasteiger partial charge on any atom is 0.222 e. The van der Waals surface area contributed by atoms with E-state index in [1.165, 1.54) is 64.3 Å². The van der Waals surface area contributed by atoms with Gasteiger partial charge in [-0.2, -0.15) is 0 Å². The Kier molecular flexibility index (Phi) is 11.6. The molecule has 2 aliphatic carbocycles. The number of aryl methyl sites for hydroxylation is 1. The van der Waals surface area contributed by atoms with E-state index in [1.54, 1.807) is 0 Å². The topological polar surface area (TPSA) is 49.8 Å². The van der Waals surface area contributed by atoms with Gasteiger partial charge in [0.25, 0.3) is 0 Å². The lowest BCUT2D eigenvalue weighted by atomic mass is 9.67. The minimum atomic E-state index is -0.304. The van der Waals surface area contributed by atoms with E-state index in [-0.39, 0.29) is 11.5 Å². The Morgan fingerprint density at radius 1 is 1.02 bits per heavy atom. The van der Waals surface area contributed by atoms with E-state index < -0.39 is 0 Å². The van der Waals surface area contributed by atoms with Gasteiger partial charge in [-0.15, -0.1) is 0 Å². The number of hydrogen-bond acceptors (Lipinski definition) is 3. The summed E-state index contributed by atoms with van der Waals surface area (Å²) in [6.45, 7) is 5.85. The number of carbonyl (C=O) groups is 1. The molecule has 2 aliphatic rings. The van der Waals surface area contributed by atoms with Gasteiger partial charge in [-0.25, -0.2) is 0 Å². The Hall–Kier alpha value is -3.37. The van der Waals surface area contributed by atoms with E-state index in [4.69, 9.17) is 4.74 Å². The second-order valence-electron chi connectivity index (χ2n) is 13.5. The normalized spacial score (nSPS) is 19.0. The molecule has 0 fully saturated rings. The summed E-state index contributed by atoms with van der Waals surface area (Å²) in [5.74, 6) is 1.19. The monoisotopic (exact) mass is 607 g/mol. The molecule has 240 valence electrons. The van der Waals surface area contributed by atoms with Crippen LogP contribution in [0.15, 0.2) is 66.7 Å². The molecule has 1 N–H and O–H groups in total. The first-order valence-electron chi connectivity index (χ1n) is 17.5. The lowest BCUT2D eigenvalue weighted by Crippen LogP contribution is -2.33. The highest BCUT2D eigenvalue weighted by molar-refractivity contribution is 5.97. The van der Waals surface area contributed by atoms with Crippen LogP contribution >= 0.6 is 0 Å². The second kappa shape index (κ2) is 15.8. The largest absolute Gasteiger partial charge is 0.489 e. The van der Waals surface area contributed by atoms with Crippen LogP contribution < -0.4 is 4.74 Å². The zero-order valence-electron chi connectivity index (χ0n) is 27.8. The lowest BCUT2D eigenvalue weighted by molar-refractivity contribution is -0.130. The molecule has 0 aromatic heterocycles. The molecule has 5 rings (SSSR count). The van der Waals surface area contributed by atoms with E-state index >= 15 is 0 Å². The number of unbranched alkanes of at least 4 members (excludes halogenated alkanes) is 7. The van der Waals surface area contributed by atoms with Gasteiger partial charge in [0.05, 0.1) is 6.10 Å². The molecule has 4 heteroatoms. The van der Waals surface area contributed by atoms with Crippen LogP contribution in [0.25, 0.3) is 22.4 Å². The molecular formula is C41H53NO3. The van der Waals surface area contributed by atoms with Gasteiger partial charge in [-0.3, -0.25) is 4.79 Å². The predicted molar refractivity (Wildman–Crippen MR) is 188 cm³/mol. The fourth-order valence-electron chi connectivity index (χ4n) is 7.17. The Morgan fingerprint density at radius 3 is 2.60 bits per heavy atom. The summed E-state index contributed by atoms with van der Waals surface area (Å²) in [5, 5.41) is 13.4. The first kappa shape index (κ1) is 33.0. The minimum Gasteiger partial charge on any atom is -0.489 e. The fourth-order valence-corrected chi connectivity index (χ4v) is 7.17. The standard InChI is InChI=1S/C41H53NO3/c1-4-5-27-42(3)39(44)20-16-11-9-7-6-8-10-15-19-32-28-33-29-34(45-30-31-17-13-12-14-18-31)21-22-35(33)36-25-26-41(2)37(40(32)36)23-24-38(41)43/h12-15,17-19,21-23,28-29,38,43H,4-11,16,20,24-27,30H2,1-3H3/t38-,41-/m0/s1. The number of nitrogens with zero attached hydrogens (tertiary/aromatic N) is 1. The number of amides is 1. The van der Waals surface area contributed by atoms with Crippen LogP contribution in [0.3, 0.4) is 0 Å². The van der Waals surface area contributed by atoms with Crippen molar-refractivity contribution in [3.63, 3.8) is 0 Å². The number of aliphatic hydroxyl groups is 1. The molecule has 0 heterocycles. The highest BCUT2D eigenvalue weighted by atomic mass is 16.5. The number of carbonyl (C=O) groups excluding carboxylic acids is 1. The van der Waals surface area contributed by atoms with E-state index in [2.05, 4.69) is 68.5 Å². The summed E-state index contributed by atoms with van der Waals surface area (Å²) in [5.41, 5.74) is 6.34. The highest BCUT2D eigenvalue weighted by Gasteiger charge is 2.44. The van der Waals surface area contributed by atoms with Gasteiger partial charge >= 0.3 is 0 Å². The molecule has 0 unspecified atom stereocenters. The molecular weight excluding hydrogens is 554 g/mol. The fraction of sp³-hybridized carbons (Fsp3) is 0.488. The van der Waals surface area contributed by atoms with Crippen molar-refractivity contribution in [2.24, 2.45) is 5.41 Å². The van der Waals surface area contributed by atoms with E-state index in [0.717, 1.165) is 63.7 Å². The van der Waals surface area contributed by atoms with Crippen LogP contribution in [-0.2, 0) is 17.8 Å². The molecule has 0 bridgehead atoms. The maximum atomic E-state index is 12.2. The molecule has 0 saturated heterocycles. The van der Waals surface area contributed by atoms with Crippen molar-refractivity contribution in [2.45, 2.75) is 110 Å². The van der Waals surface area contributed by atoms with Gasteiger partial charge in [-0.05, 0) is 102 Å². The molecule has 1 amide bonds. The lowest BCUT2D eigenvalue weighted by Gasteiger charge is -2.38. The van der Waals surface area contributed by atoms with E-state index in [9.17, 15) is 9.90 Å². The van der Waals surface area contributed by atoms with Crippen molar-refractivity contribution in [3.8, 4) is 5.75 Å². The van der Waals surface area contributed by atoms with Gasteiger partial charge < -0.3 is 14.7 Å². The SMILES string of the molecule is CCCCN(C)C(=O)CCCCCCCCC=Cc1cc2cc(OCc3ccccc3)ccc2c2c1C1=CC[C@H](O)[C@@]1(C)CC2. The zero-order chi connectivity index (χ0) is 31.6. The van der Waals surface area contributed by atoms with Gasteiger partial charge in [-0.1, -0.05) is 101 Å². The molecule has 0 aliphatic heterocycles. The quantitative estimate of drug-likeness (QED) is 0.165. The summed E-state index contributed by atoms with van der Waals surface area (Å²) in [6, 6.07) is 19.2. The molecule has 3 aromatic carbocycles. The third-order valence-electron chi connectivity index (χ3n) is 10.1. The van der Waals surface area contributed by atoms with Crippen molar-refractivity contribution >= 4 is 28.3 Å². The third-order valence-corrected chi connectivity index (χ3v) is 10.1. The Bertz CT molecular complexity index is 1490. The molecule has 0 spiro atoms. The van der Waals surface area contributed by atoms with Gasteiger partial charge in [0.1, 0.15) is 12.4 Å². The first-order chi connectivity index (χ1) is 21.9. The van der Waals surface area contributed by atoms with Gasteiger partial charge in [0.2, 0.25) is 5.91 Å². The Labute approximate surface area is 271 Å². The predicted octanol–water partition coefficient (Wildman–Crippen LogP) is 9.91. The maximum absolute atomic E-state index is 12.2. The summed E-state index contributed by atoms with van der Waals surface area (Å²) >= 11 is 0. The van der Waals surface area contributed by atoms with Crippen LogP contribution in [0.5, 0.6) is 5.75 Å². The minimum absolute atomic E-state index is 0.169. The van der Waals surface area contributed by atoms with E-state index in [1.807, 2.05) is 30.1 Å². The molecule has 4 nitrogen and oxygen atoms in total. The smallest absolute Gasteiger partial charge is 0.222 e. The summed E-state index contributed by atoms with van der Waals surface area (Å²) in [4.78, 5) is 14.1.